The van der Waals surface area contributed by atoms with E-state index in [4.69, 9.17) is 4.74 Å². The lowest BCUT2D eigenvalue weighted by Crippen LogP contribution is -2.54. The number of rotatable bonds is 4. The van der Waals surface area contributed by atoms with Gasteiger partial charge in [0.2, 0.25) is 0 Å². The molecule has 0 rings (SSSR count). The highest BCUT2D eigenvalue weighted by Crippen LogP contribution is 2.20. The van der Waals surface area contributed by atoms with Crippen molar-refractivity contribution in [2.45, 2.75) is 52.7 Å². The quantitative estimate of drug-likeness (QED) is 0.750. The molecule has 5 heteroatoms. The van der Waals surface area contributed by atoms with Crippen LogP contribution in [-0.2, 0) is 9.53 Å². The van der Waals surface area contributed by atoms with E-state index in [1.165, 1.54) is 4.90 Å². The number of ether oxygens (including phenoxy) is 1. The maximum atomic E-state index is 12.0. The van der Waals surface area contributed by atoms with Gasteiger partial charge in [-0.1, -0.05) is 15.9 Å². The lowest BCUT2D eigenvalue weighted by atomic mass is 9.98. The number of alkyl halides is 1. The Morgan fingerprint density at radius 3 is 1.94 bits per heavy atom. The Kier molecular flexibility index (Phi) is 5.65. The fourth-order valence-electron chi connectivity index (χ4n) is 1.38. The van der Waals surface area contributed by atoms with Crippen molar-refractivity contribution in [2.75, 3.05) is 11.9 Å². The predicted octanol–water partition coefficient (Wildman–Crippen LogP) is 2.99. The van der Waals surface area contributed by atoms with Crippen LogP contribution in [0.5, 0.6) is 0 Å². The number of likely N-dealkylation sites (N-methyl/N-ethyl adjacent to an activating group) is 1. The number of hydrogen-bond donors (Lipinski definition) is 0. The Balaban J connectivity index is 4.96. The van der Waals surface area contributed by atoms with Crippen LogP contribution < -0.4 is 0 Å². The second-order valence-electron chi connectivity index (χ2n) is 5.34. The number of Topliss-reactive ketones (excluding diaryl/α,β-unsaturated/α-hetero) is 1. The van der Waals surface area contributed by atoms with Crippen LogP contribution in [0.3, 0.4) is 0 Å². The normalized spacial score (nSPS) is 12.2. The molecule has 0 aromatic rings. The van der Waals surface area contributed by atoms with Crippen LogP contribution in [-0.4, -0.2) is 39.8 Å². The molecule has 0 radical (unpaired) electrons. The van der Waals surface area contributed by atoms with Crippen molar-refractivity contribution >= 4 is 27.8 Å². The van der Waals surface area contributed by atoms with E-state index in [9.17, 15) is 9.59 Å². The zero-order valence-electron chi connectivity index (χ0n) is 11.5. The largest absolute Gasteiger partial charge is 0.444 e. The molecule has 0 bridgehead atoms. The average Bonchev–Trinajstić information content (AvgIpc) is 2.14. The van der Waals surface area contributed by atoms with Crippen molar-refractivity contribution in [2.24, 2.45) is 0 Å². The highest BCUT2D eigenvalue weighted by Gasteiger charge is 2.37. The van der Waals surface area contributed by atoms with Crippen molar-refractivity contribution in [3.05, 3.63) is 0 Å². The van der Waals surface area contributed by atoms with Gasteiger partial charge < -0.3 is 4.74 Å². The van der Waals surface area contributed by atoms with Crippen LogP contribution in [0.2, 0.25) is 0 Å². The number of ketones is 1. The fraction of sp³-hybridized carbons (Fsp3) is 0.833. The summed E-state index contributed by atoms with van der Waals surface area (Å²) < 4.78 is 5.29. The molecule has 4 nitrogen and oxygen atoms in total. The fourth-order valence-corrected chi connectivity index (χ4v) is 2.07. The second kappa shape index (κ2) is 5.85. The van der Waals surface area contributed by atoms with E-state index < -0.39 is 17.2 Å². The smallest absolute Gasteiger partial charge is 0.411 e. The summed E-state index contributed by atoms with van der Waals surface area (Å²) in [7, 11) is 0. The lowest BCUT2D eigenvalue weighted by molar-refractivity contribution is -0.126. The molecule has 100 valence electrons. The van der Waals surface area contributed by atoms with Gasteiger partial charge in [-0.2, -0.15) is 0 Å². The molecule has 0 aromatic heterocycles. The van der Waals surface area contributed by atoms with Crippen molar-refractivity contribution < 1.29 is 14.3 Å². The Labute approximate surface area is 112 Å². The minimum Gasteiger partial charge on any atom is -0.444 e. The molecule has 0 saturated carbocycles. The Hall–Kier alpha value is -0.580. The topological polar surface area (TPSA) is 46.6 Å². The summed E-state index contributed by atoms with van der Waals surface area (Å²) in [5, 5.41) is 0.222. The van der Waals surface area contributed by atoms with E-state index in [-0.39, 0.29) is 11.1 Å². The zero-order chi connectivity index (χ0) is 13.9. The Morgan fingerprint density at radius 2 is 1.65 bits per heavy atom. The third-order valence-corrected chi connectivity index (χ3v) is 2.92. The van der Waals surface area contributed by atoms with Crippen LogP contribution in [0.4, 0.5) is 4.79 Å². The van der Waals surface area contributed by atoms with Gasteiger partial charge in [0.15, 0.2) is 5.78 Å². The van der Waals surface area contributed by atoms with Gasteiger partial charge in [0.1, 0.15) is 5.60 Å². The predicted molar refractivity (Wildman–Crippen MR) is 71.5 cm³/mol. The summed E-state index contributed by atoms with van der Waals surface area (Å²) in [6.45, 7) is 11.1. The lowest BCUT2D eigenvalue weighted by Gasteiger charge is -2.37. The van der Waals surface area contributed by atoms with Crippen molar-refractivity contribution in [3.8, 4) is 0 Å². The highest BCUT2D eigenvalue weighted by atomic mass is 79.9. The molecule has 0 fully saturated rings. The Bertz CT molecular complexity index is 295. The van der Waals surface area contributed by atoms with E-state index in [1.54, 1.807) is 34.6 Å². The number of carbonyl (C=O) groups excluding carboxylic acids is 2. The van der Waals surface area contributed by atoms with Crippen LogP contribution in [0, 0.1) is 0 Å². The molecule has 0 unspecified atom stereocenters. The molecular formula is C12H22BrNO3. The first kappa shape index (κ1) is 16.4. The maximum Gasteiger partial charge on any atom is 0.411 e. The van der Waals surface area contributed by atoms with Crippen molar-refractivity contribution in [3.63, 3.8) is 0 Å². The summed E-state index contributed by atoms with van der Waals surface area (Å²) in [6, 6.07) is 0. The maximum absolute atomic E-state index is 12.0. The number of nitrogens with zero attached hydrogens (tertiary/aromatic N) is 1. The standard InChI is InChI=1S/C12H22BrNO3/c1-7-14(10(16)17-11(2,3)4)12(5,6)9(15)8-13/h7-8H2,1-6H3. The van der Waals surface area contributed by atoms with Gasteiger partial charge in [-0.3, -0.25) is 9.69 Å². The third kappa shape index (κ3) is 4.66. The van der Waals surface area contributed by atoms with E-state index in [1.807, 2.05) is 6.92 Å². The first-order valence-corrected chi connectivity index (χ1v) is 6.78. The van der Waals surface area contributed by atoms with Gasteiger partial charge in [-0.25, -0.2) is 4.79 Å². The Morgan fingerprint density at radius 1 is 1.18 bits per heavy atom. The molecule has 0 aliphatic rings. The first-order chi connectivity index (χ1) is 7.56. The van der Waals surface area contributed by atoms with Crippen LogP contribution >= 0.6 is 15.9 Å². The molecule has 0 spiro atoms. The van der Waals surface area contributed by atoms with Crippen LogP contribution in [0.15, 0.2) is 0 Å². The van der Waals surface area contributed by atoms with Gasteiger partial charge in [0.25, 0.3) is 0 Å². The molecule has 0 aliphatic heterocycles. The summed E-state index contributed by atoms with van der Waals surface area (Å²) in [4.78, 5) is 25.2. The highest BCUT2D eigenvalue weighted by molar-refractivity contribution is 9.09. The minimum atomic E-state index is -0.861. The van der Waals surface area contributed by atoms with Crippen LogP contribution in [0.1, 0.15) is 41.5 Å². The third-order valence-electron chi connectivity index (χ3n) is 2.41. The first-order valence-electron chi connectivity index (χ1n) is 5.66. The summed E-state index contributed by atoms with van der Waals surface area (Å²) >= 11 is 3.13. The number of carbonyl (C=O) groups is 2. The molecular weight excluding hydrogens is 286 g/mol. The molecule has 0 aromatic carbocycles. The monoisotopic (exact) mass is 307 g/mol. The van der Waals surface area contributed by atoms with Gasteiger partial charge in [0, 0.05) is 6.54 Å². The van der Waals surface area contributed by atoms with Gasteiger partial charge in [0.05, 0.1) is 10.9 Å². The average molecular weight is 308 g/mol. The molecule has 0 saturated heterocycles. The van der Waals surface area contributed by atoms with E-state index in [2.05, 4.69) is 15.9 Å². The van der Waals surface area contributed by atoms with Crippen molar-refractivity contribution in [1.29, 1.82) is 0 Å². The van der Waals surface area contributed by atoms with E-state index >= 15 is 0 Å². The van der Waals surface area contributed by atoms with Crippen molar-refractivity contribution in [1.82, 2.24) is 4.90 Å². The number of hydrogen-bond acceptors (Lipinski definition) is 3. The molecule has 17 heavy (non-hydrogen) atoms. The van der Waals surface area contributed by atoms with Gasteiger partial charge in [-0.05, 0) is 41.5 Å². The SMILES string of the molecule is CCN(C(=O)OC(C)(C)C)C(C)(C)C(=O)CBr. The molecule has 0 heterocycles. The van der Waals surface area contributed by atoms with E-state index in [0.29, 0.717) is 6.54 Å². The number of halogens is 1. The second-order valence-corrected chi connectivity index (χ2v) is 5.90. The zero-order valence-corrected chi connectivity index (χ0v) is 13.1. The van der Waals surface area contributed by atoms with Crippen LogP contribution in [0.25, 0.3) is 0 Å². The summed E-state index contributed by atoms with van der Waals surface area (Å²) in [5.41, 5.74) is -1.42. The molecule has 1 amide bonds. The molecule has 0 atom stereocenters. The van der Waals surface area contributed by atoms with E-state index in [0.717, 1.165) is 0 Å². The van der Waals surface area contributed by atoms with Gasteiger partial charge in [-0.15, -0.1) is 0 Å². The summed E-state index contributed by atoms with van der Waals surface area (Å²) in [6.07, 6.45) is -0.459. The summed E-state index contributed by atoms with van der Waals surface area (Å²) in [5.74, 6) is -0.0507. The van der Waals surface area contributed by atoms with Gasteiger partial charge >= 0.3 is 6.09 Å². The minimum absolute atomic E-state index is 0.0507. The number of amides is 1. The molecule has 0 aliphatic carbocycles. The molecule has 0 N–H and O–H groups in total.